The predicted octanol–water partition coefficient (Wildman–Crippen LogP) is 11.7. The van der Waals surface area contributed by atoms with Crippen molar-refractivity contribution in [2.24, 2.45) is 9.98 Å². The Morgan fingerprint density at radius 3 is 1.84 bits per heavy atom. The molecule has 10 rings (SSSR count). The number of aliphatic imine (C=N–C) groups is 2. The van der Waals surface area contributed by atoms with E-state index in [-0.39, 0.29) is 0 Å². The lowest BCUT2D eigenvalue weighted by atomic mass is 9.94. The molecule has 8 aromatic carbocycles. The lowest BCUT2D eigenvalue weighted by Crippen LogP contribution is -2.36. The summed E-state index contributed by atoms with van der Waals surface area (Å²) in [4.78, 5) is 10.8. The van der Waals surface area contributed by atoms with Gasteiger partial charge in [0, 0.05) is 27.5 Å². The number of fused-ring (bicyclic) bond motifs is 5. The molecule has 0 saturated heterocycles. The second kappa shape index (κ2) is 12.0. The molecule has 0 spiro atoms. The van der Waals surface area contributed by atoms with Crippen molar-refractivity contribution >= 4 is 55.2 Å². The van der Waals surface area contributed by atoms with Crippen molar-refractivity contribution in [2.75, 3.05) is 0 Å². The van der Waals surface area contributed by atoms with Gasteiger partial charge < -0.3 is 9.73 Å². The molecule has 4 nitrogen and oxygen atoms in total. The Kier molecular flexibility index (Phi) is 6.85. The van der Waals surface area contributed by atoms with Crippen LogP contribution in [0.1, 0.15) is 22.9 Å². The van der Waals surface area contributed by atoms with E-state index in [4.69, 9.17) is 14.4 Å². The predicted molar refractivity (Wildman–Crippen MR) is 211 cm³/mol. The maximum Gasteiger partial charge on any atom is 0.170 e. The molecule has 1 aliphatic heterocycles. The molecule has 1 aliphatic rings. The molecular formula is C47H31N3O. The molecule has 1 N–H and O–H groups in total. The van der Waals surface area contributed by atoms with Crippen LogP contribution >= 0.6 is 0 Å². The number of furan rings is 1. The maximum atomic E-state index is 6.56. The average Bonchev–Trinajstić information content (AvgIpc) is 3.59. The fourth-order valence-electron chi connectivity index (χ4n) is 7.47. The van der Waals surface area contributed by atoms with Crippen molar-refractivity contribution < 1.29 is 4.42 Å². The highest BCUT2D eigenvalue weighted by Crippen LogP contribution is 2.41. The van der Waals surface area contributed by atoms with Crippen molar-refractivity contribution in [1.82, 2.24) is 5.32 Å². The molecule has 1 aromatic heterocycles. The highest BCUT2D eigenvalue weighted by molar-refractivity contribution is 6.21. The van der Waals surface area contributed by atoms with Crippen LogP contribution in [0.25, 0.3) is 65.7 Å². The normalized spacial score (nSPS) is 14.5. The number of rotatable bonds is 5. The zero-order valence-electron chi connectivity index (χ0n) is 27.6. The first kappa shape index (κ1) is 29.2. The van der Waals surface area contributed by atoms with Crippen LogP contribution in [0.4, 0.5) is 0 Å². The molecule has 1 unspecified atom stereocenters. The third-order valence-corrected chi connectivity index (χ3v) is 9.92. The summed E-state index contributed by atoms with van der Waals surface area (Å²) in [6.07, 6.45) is -0.534. The standard InChI is InChI=1S/C47H31N3O/c1-3-14-31(15-4-1)36-25-26-39(38-20-10-9-19-37(36)38)46-48-45(32-16-5-2-6-17-32)49-47(50-46)41-28-35(34-24-23-30-13-7-8-18-33(30)27-34)29-43-44(41)40-21-11-12-22-42(40)51-43/h1-29,47H,(H,48,49,50). The molecule has 2 heterocycles. The summed E-state index contributed by atoms with van der Waals surface area (Å²) < 4.78 is 6.56. The van der Waals surface area contributed by atoms with Gasteiger partial charge in [0.05, 0.1) is 0 Å². The zero-order chi connectivity index (χ0) is 33.7. The quantitative estimate of drug-likeness (QED) is 0.201. The second-order valence-corrected chi connectivity index (χ2v) is 13.0. The summed E-state index contributed by atoms with van der Waals surface area (Å²) in [6, 6.07) is 61.6. The third kappa shape index (κ3) is 5.08. The van der Waals surface area contributed by atoms with Crippen LogP contribution in [0.2, 0.25) is 0 Å². The minimum atomic E-state index is -0.534. The highest BCUT2D eigenvalue weighted by atomic mass is 16.3. The zero-order valence-corrected chi connectivity index (χ0v) is 27.6. The second-order valence-electron chi connectivity index (χ2n) is 13.0. The van der Waals surface area contributed by atoms with Crippen LogP contribution in [0.3, 0.4) is 0 Å². The Balaban J connectivity index is 1.21. The Morgan fingerprint density at radius 1 is 0.412 bits per heavy atom. The van der Waals surface area contributed by atoms with E-state index in [9.17, 15) is 0 Å². The summed E-state index contributed by atoms with van der Waals surface area (Å²) in [5.41, 5.74) is 9.24. The van der Waals surface area contributed by atoms with Gasteiger partial charge in [0.25, 0.3) is 0 Å². The Morgan fingerprint density at radius 2 is 1.04 bits per heavy atom. The van der Waals surface area contributed by atoms with Crippen LogP contribution in [-0.4, -0.2) is 11.7 Å². The van der Waals surface area contributed by atoms with Crippen LogP contribution in [0, 0.1) is 0 Å². The molecule has 0 aliphatic carbocycles. The van der Waals surface area contributed by atoms with E-state index in [0.29, 0.717) is 0 Å². The maximum absolute atomic E-state index is 6.56. The largest absolute Gasteiger partial charge is 0.456 e. The van der Waals surface area contributed by atoms with Gasteiger partial charge in [-0.3, -0.25) is 0 Å². The van der Waals surface area contributed by atoms with E-state index in [1.807, 2.05) is 30.3 Å². The minimum absolute atomic E-state index is 0.534. The van der Waals surface area contributed by atoms with Crippen molar-refractivity contribution in [3.05, 3.63) is 193 Å². The molecule has 9 aromatic rings. The van der Waals surface area contributed by atoms with Crippen LogP contribution in [0.5, 0.6) is 0 Å². The molecular weight excluding hydrogens is 623 g/mol. The van der Waals surface area contributed by atoms with Gasteiger partial charge in [0.15, 0.2) is 6.17 Å². The van der Waals surface area contributed by atoms with Crippen molar-refractivity contribution in [2.45, 2.75) is 6.17 Å². The number of nitrogens with zero attached hydrogens (tertiary/aromatic N) is 2. The van der Waals surface area contributed by atoms with Crippen LogP contribution < -0.4 is 5.32 Å². The molecule has 0 saturated carbocycles. The average molecular weight is 654 g/mol. The summed E-state index contributed by atoms with van der Waals surface area (Å²) in [5, 5.41) is 10.4. The Bertz CT molecular complexity index is 2830. The number of nitrogens with one attached hydrogen (secondary N) is 1. The number of hydrogen-bond donors (Lipinski definition) is 1. The molecule has 0 bridgehead atoms. The molecule has 0 fully saturated rings. The van der Waals surface area contributed by atoms with Gasteiger partial charge in [0.2, 0.25) is 0 Å². The Labute approximate surface area is 295 Å². The van der Waals surface area contributed by atoms with E-state index in [1.54, 1.807) is 0 Å². The smallest absolute Gasteiger partial charge is 0.170 e. The minimum Gasteiger partial charge on any atom is -0.456 e. The van der Waals surface area contributed by atoms with E-state index in [1.165, 1.54) is 27.3 Å². The first-order chi connectivity index (χ1) is 25.3. The summed E-state index contributed by atoms with van der Waals surface area (Å²) in [6.45, 7) is 0. The van der Waals surface area contributed by atoms with Gasteiger partial charge in [-0.1, -0.05) is 152 Å². The van der Waals surface area contributed by atoms with Gasteiger partial charge >= 0.3 is 0 Å². The van der Waals surface area contributed by atoms with E-state index in [2.05, 4.69) is 151 Å². The summed E-state index contributed by atoms with van der Waals surface area (Å²) >= 11 is 0. The highest BCUT2D eigenvalue weighted by Gasteiger charge is 2.26. The topological polar surface area (TPSA) is 49.9 Å². The molecule has 240 valence electrons. The van der Waals surface area contributed by atoms with Gasteiger partial charge in [-0.05, 0) is 68.1 Å². The summed E-state index contributed by atoms with van der Waals surface area (Å²) in [5.74, 6) is 1.56. The van der Waals surface area contributed by atoms with Crippen LogP contribution in [0.15, 0.2) is 190 Å². The Hall–Kier alpha value is -6.78. The van der Waals surface area contributed by atoms with Gasteiger partial charge in [-0.2, -0.15) is 0 Å². The fraction of sp³-hybridized carbons (Fsp3) is 0.0213. The van der Waals surface area contributed by atoms with Gasteiger partial charge in [0.1, 0.15) is 22.8 Å². The van der Waals surface area contributed by atoms with Crippen LogP contribution in [-0.2, 0) is 0 Å². The van der Waals surface area contributed by atoms with E-state index in [0.717, 1.165) is 66.8 Å². The lowest BCUT2D eigenvalue weighted by molar-refractivity contribution is 0.668. The van der Waals surface area contributed by atoms with Gasteiger partial charge in [-0.25, -0.2) is 9.98 Å². The first-order valence-electron chi connectivity index (χ1n) is 17.3. The molecule has 1 atom stereocenters. The van der Waals surface area contributed by atoms with Crippen molar-refractivity contribution in [3.63, 3.8) is 0 Å². The molecule has 0 radical (unpaired) electrons. The van der Waals surface area contributed by atoms with Crippen molar-refractivity contribution in [1.29, 1.82) is 0 Å². The van der Waals surface area contributed by atoms with Gasteiger partial charge in [-0.15, -0.1) is 0 Å². The third-order valence-electron chi connectivity index (χ3n) is 9.92. The first-order valence-corrected chi connectivity index (χ1v) is 17.3. The number of amidine groups is 2. The molecule has 0 amide bonds. The number of hydrogen-bond acceptors (Lipinski definition) is 4. The molecule has 4 heteroatoms. The van der Waals surface area contributed by atoms with E-state index < -0.39 is 6.17 Å². The molecule has 51 heavy (non-hydrogen) atoms. The fourth-order valence-corrected chi connectivity index (χ4v) is 7.47. The van der Waals surface area contributed by atoms with E-state index >= 15 is 0 Å². The summed E-state index contributed by atoms with van der Waals surface area (Å²) in [7, 11) is 0. The lowest BCUT2D eigenvalue weighted by Gasteiger charge is -2.24. The monoisotopic (exact) mass is 653 g/mol. The SMILES string of the molecule is c1ccc(C2=NC(c3cc(-c4ccc5ccccc5c4)cc4oc5ccccc5c34)N=C(c3ccc(-c4ccccc4)c4ccccc34)N2)cc1. The number of benzene rings is 8. The van der Waals surface area contributed by atoms with Crippen molar-refractivity contribution in [3.8, 4) is 22.3 Å². The number of para-hydroxylation sites is 1.